The standard InChI is InChI=1S/C16H14F3NO4S/c1-4-11-15(14(21)24-3,16(17,18)19)20(12-5-2)25(22,23)13-9-7-6-8-10-13/h1-2,6-10H,11-12H2,3H3. The smallest absolute Gasteiger partial charge is 0.419 e. The Morgan fingerprint density at radius 1 is 1.20 bits per heavy atom. The van der Waals surface area contributed by atoms with Crippen molar-refractivity contribution in [2.75, 3.05) is 13.7 Å². The first-order valence-electron chi connectivity index (χ1n) is 6.69. The lowest BCUT2D eigenvalue weighted by atomic mass is 9.94. The molecule has 0 spiro atoms. The average molecular weight is 373 g/mol. The van der Waals surface area contributed by atoms with Gasteiger partial charge in [0.1, 0.15) is 0 Å². The highest BCUT2D eigenvalue weighted by atomic mass is 32.2. The number of hydrogen-bond donors (Lipinski definition) is 0. The van der Waals surface area contributed by atoms with Gasteiger partial charge in [-0.3, -0.25) is 0 Å². The first kappa shape index (κ1) is 20.6. The Bertz CT molecular complexity index is 807. The van der Waals surface area contributed by atoms with Crippen molar-refractivity contribution in [2.24, 2.45) is 0 Å². The van der Waals surface area contributed by atoms with E-state index in [9.17, 15) is 26.4 Å². The zero-order chi connectivity index (χ0) is 19.3. The summed E-state index contributed by atoms with van der Waals surface area (Å²) in [6.07, 6.45) is 3.38. The van der Waals surface area contributed by atoms with E-state index in [1.165, 1.54) is 18.2 Å². The fourth-order valence-electron chi connectivity index (χ4n) is 2.16. The van der Waals surface area contributed by atoms with Gasteiger partial charge < -0.3 is 4.74 Å². The molecule has 0 saturated carbocycles. The zero-order valence-corrected chi connectivity index (χ0v) is 13.9. The molecule has 0 radical (unpaired) electrons. The molecule has 25 heavy (non-hydrogen) atoms. The fourth-order valence-corrected chi connectivity index (χ4v) is 3.82. The van der Waals surface area contributed by atoms with E-state index >= 15 is 0 Å². The molecule has 0 bridgehead atoms. The Hall–Kier alpha value is -2.49. The van der Waals surface area contributed by atoms with Gasteiger partial charge in [0.05, 0.1) is 18.6 Å². The Morgan fingerprint density at radius 3 is 2.16 bits per heavy atom. The van der Waals surface area contributed by atoms with Gasteiger partial charge in [0, 0.05) is 6.42 Å². The molecule has 1 aromatic carbocycles. The molecule has 0 saturated heterocycles. The minimum Gasteiger partial charge on any atom is -0.467 e. The van der Waals surface area contributed by atoms with E-state index in [-0.39, 0.29) is 4.31 Å². The minimum atomic E-state index is -5.37. The Balaban J connectivity index is 3.80. The molecule has 0 heterocycles. The number of methoxy groups -OCH3 is 1. The number of ether oxygens (including phenoxy) is 1. The van der Waals surface area contributed by atoms with Crippen molar-refractivity contribution in [1.29, 1.82) is 0 Å². The van der Waals surface area contributed by atoms with Crippen LogP contribution in [0.25, 0.3) is 0 Å². The number of hydrogen-bond acceptors (Lipinski definition) is 4. The number of alkyl halides is 3. The van der Waals surface area contributed by atoms with Crippen LogP contribution in [0.15, 0.2) is 35.2 Å². The molecule has 0 amide bonds. The lowest BCUT2D eigenvalue weighted by molar-refractivity contribution is -0.225. The van der Waals surface area contributed by atoms with Crippen molar-refractivity contribution in [2.45, 2.75) is 23.0 Å². The van der Waals surface area contributed by atoms with E-state index < -0.39 is 45.6 Å². The highest BCUT2D eigenvalue weighted by Gasteiger charge is 2.67. The number of carbonyl (C=O) groups is 1. The Labute approximate surface area is 143 Å². The molecule has 0 N–H and O–H groups in total. The van der Waals surface area contributed by atoms with Crippen LogP contribution < -0.4 is 0 Å². The van der Waals surface area contributed by atoms with Gasteiger partial charge in [-0.15, -0.1) is 18.8 Å². The maximum Gasteiger partial charge on any atom is 0.419 e. The average Bonchev–Trinajstić information content (AvgIpc) is 2.56. The second-order valence-corrected chi connectivity index (χ2v) is 6.62. The largest absolute Gasteiger partial charge is 0.467 e. The number of rotatable bonds is 6. The maximum absolute atomic E-state index is 13.8. The molecular weight excluding hydrogens is 359 g/mol. The third-order valence-corrected chi connectivity index (χ3v) is 5.23. The number of terminal acetylenes is 2. The van der Waals surface area contributed by atoms with Crippen molar-refractivity contribution in [3.05, 3.63) is 30.3 Å². The molecule has 1 atom stereocenters. The van der Waals surface area contributed by atoms with Crippen LogP contribution in [0.3, 0.4) is 0 Å². The van der Waals surface area contributed by atoms with E-state index in [1.807, 2.05) is 5.92 Å². The molecule has 5 nitrogen and oxygen atoms in total. The molecule has 134 valence electrons. The van der Waals surface area contributed by atoms with Crippen molar-refractivity contribution in [3.8, 4) is 24.7 Å². The van der Waals surface area contributed by atoms with Crippen molar-refractivity contribution in [3.63, 3.8) is 0 Å². The molecule has 0 aliphatic heterocycles. The van der Waals surface area contributed by atoms with E-state index in [2.05, 4.69) is 4.74 Å². The van der Waals surface area contributed by atoms with Crippen molar-refractivity contribution < 1.29 is 31.1 Å². The Kier molecular flexibility index (Phi) is 6.25. The molecule has 0 aliphatic rings. The fraction of sp³-hybridized carbons (Fsp3) is 0.312. The van der Waals surface area contributed by atoms with Crippen LogP contribution in [0.4, 0.5) is 13.2 Å². The minimum absolute atomic E-state index is 0.138. The number of carbonyl (C=O) groups excluding carboxylic acids is 1. The Morgan fingerprint density at radius 2 is 1.76 bits per heavy atom. The molecule has 9 heteroatoms. The van der Waals surface area contributed by atoms with Crippen LogP contribution in [0.1, 0.15) is 6.42 Å². The van der Waals surface area contributed by atoms with Gasteiger partial charge in [-0.25, -0.2) is 13.2 Å². The molecular formula is C16H14F3NO4S. The van der Waals surface area contributed by atoms with Gasteiger partial charge in [0.2, 0.25) is 15.6 Å². The lowest BCUT2D eigenvalue weighted by Crippen LogP contribution is -2.65. The topological polar surface area (TPSA) is 63.7 Å². The highest BCUT2D eigenvalue weighted by molar-refractivity contribution is 7.89. The van der Waals surface area contributed by atoms with Crippen LogP contribution >= 0.6 is 0 Å². The summed E-state index contributed by atoms with van der Waals surface area (Å²) in [4.78, 5) is 11.6. The summed E-state index contributed by atoms with van der Waals surface area (Å²) in [5.74, 6) is 1.66. The number of esters is 1. The van der Waals surface area contributed by atoms with Crippen LogP contribution in [-0.4, -0.2) is 44.1 Å². The molecule has 0 aliphatic carbocycles. The highest BCUT2D eigenvalue weighted by Crippen LogP contribution is 2.42. The quantitative estimate of drug-likeness (QED) is 0.564. The number of halogens is 3. The molecule has 1 unspecified atom stereocenters. The van der Waals surface area contributed by atoms with Crippen LogP contribution in [-0.2, 0) is 19.6 Å². The molecule has 1 rings (SSSR count). The van der Waals surface area contributed by atoms with Crippen LogP contribution in [0, 0.1) is 24.7 Å². The zero-order valence-electron chi connectivity index (χ0n) is 13.1. The normalized spacial score (nSPS) is 14.2. The van der Waals surface area contributed by atoms with Crippen molar-refractivity contribution in [1.82, 2.24) is 4.31 Å². The van der Waals surface area contributed by atoms with E-state index in [0.29, 0.717) is 7.11 Å². The van der Waals surface area contributed by atoms with Gasteiger partial charge in [-0.1, -0.05) is 24.1 Å². The first-order valence-corrected chi connectivity index (χ1v) is 8.13. The number of benzene rings is 1. The predicted molar refractivity (Wildman–Crippen MR) is 83.4 cm³/mol. The maximum atomic E-state index is 13.8. The third-order valence-electron chi connectivity index (χ3n) is 3.34. The van der Waals surface area contributed by atoms with E-state index in [0.717, 1.165) is 12.1 Å². The van der Waals surface area contributed by atoms with Crippen LogP contribution in [0.2, 0.25) is 0 Å². The van der Waals surface area contributed by atoms with Crippen molar-refractivity contribution >= 4 is 16.0 Å². The second-order valence-electron chi connectivity index (χ2n) is 4.76. The summed E-state index contributed by atoms with van der Waals surface area (Å²) in [7, 11) is -4.11. The molecule has 0 aromatic heterocycles. The molecule has 0 fully saturated rings. The monoisotopic (exact) mass is 373 g/mol. The number of nitrogens with zero attached hydrogens (tertiary/aromatic N) is 1. The van der Waals surface area contributed by atoms with Gasteiger partial charge in [0.25, 0.3) is 0 Å². The summed E-state index contributed by atoms with van der Waals surface area (Å²) in [5.41, 5.74) is -3.64. The third kappa shape index (κ3) is 3.63. The van der Waals surface area contributed by atoms with Gasteiger partial charge >= 0.3 is 12.1 Å². The van der Waals surface area contributed by atoms with Gasteiger partial charge in [-0.2, -0.15) is 17.5 Å². The summed E-state index contributed by atoms with van der Waals surface area (Å²) in [6, 6.07) is 6.26. The van der Waals surface area contributed by atoms with Crippen LogP contribution in [0.5, 0.6) is 0 Å². The first-order chi connectivity index (χ1) is 11.6. The second kappa shape index (κ2) is 7.60. The number of sulfonamides is 1. The lowest BCUT2D eigenvalue weighted by Gasteiger charge is -2.39. The SMILES string of the molecule is C#CCN(C(CC#C)(C(=O)OC)C(F)(F)F)S(=O)(=O)c1ccccc1. The van der Waals surface area contributed by atoms with Gasteiger partial charge in [0.15, 0.2) is 0 Å². The summed E-state index contributed by atoms with van der Waals surface area (Å²) < 4.78 is 71.2. The van der Waals surface area contributed by atoms with E-state index in [1.54, 1.807) is 5.92 Å². The summed E-state index contributed by atoms with van der Waals surface area (Å²) >= 11 is 0. The van der Waals surface area contributed by atoms with E-state index in [4.69, 9.17) is 12.8 Å². The predicted octanol–water partition coefficient (Wildman–Crippen LogP) is 1.81. The summed E-state index contributed by atoms with van der Waals surface area (Å²) in [5, 5.41) is 0. The molecule has 1 aromatic rings. The summed E-state index contributed by atoms with van der Waals surface area (Å²) in [6.45, 7) is -1.03. The van der Waals surface area contributed by atoms with Gasteiger partial charge in [-0.05, 0) is 12.1 Å².